The van der Waals surface area contributed by atoms with Crippen LogP contribution < -0.4 is 10.6 Å². The summed E-state index contributed by atoms with van der Waals surface area (Å²) in [6.07, 6.45) is 2.70. The lowest BCUT2D eigenvalue weighted by atomic mass is 10.1. The number of nitrogens with zero attached hydrogens (tertiary/aromatic N) is 1. The van der Waals surface area contributed by atoms with Gasteiger partial charge >= 0.3 is 0 Å². The van der Waals surface area contributed by atoms with E-state index in [1.165, 1.54) is 22.5 Å². The number of hydrogen-bond acceptors (Lipinski definition) is 4. The lowest BCUT2D eigenvalue weighted by Gasteiger charge is -2.32. The normalized spacial score (nSPS) is 18.7. The number of carbonyl (C=O) groups is 2. The first-order valence-electron chi connectivity index (χ1n) is 9.22. The van der Waals surface area contributed by atoms with Gasteiger partial charge in [0.05, 0.1) is 11.4 Å². The molecule has 1 saturated heterocycles. The maximum atomic E-state index is 12.9. The molecule has 1 aliphatic rings. The van der Waals surface area contributed by atoms with Gasteiger partial charge in [-0.3, -0.25) is 9.59 Å². The van der Waals surface area contributed by atoms with E-state index in [9.17, 15) is 18.0 Å². The van der Waals surface area contributed by atoms with Crippen molar-refractivity contribution in [3.8, 4) is 0 Å². The van der Waals surface area contributed by atoms with E-state index in [2.05, 4.69) is 10.6 Å². The Morgan fingerprint density at radius 1 is 1.22 bits per heavy atom. The third-order valence-electron chi connectivity index (χ3n) is 4.37. The molecule has 0 aromatic heterocycles. The molecule has 8 heteroatoms. The zero-order valence-corrected chi connectivity index (χ0v) is 17.2. The summed E-state index contributed by atoms with van der Waals surface area (Å²) in [6, 6.07) is 5.90. The molecule has 150 valence electrons. The molecular formula is C19H29N3O4S. The summed E-state index contributed by atoms with van der Waals surface area (Å²) in [6.45, 7) is 7.78. The molecule has 1 fully saturated rings. The maximum absolute atomic E-state index is 12.9. The van der Waals surface area contributed by atoms with Gasteiger partial charge in [0.25, 0.3) is 5.91 Å². The van der Waals surface area contributed by atoms with E-state index >= 15 is 0 Å². The van der Waals surface area contributed by atoms with Gasteiger partial charge in [-0.2, -0.15) is 4.31 Å². The van der Waals surface area contributed by atoms with Crippen molar-refractivity contribution in [2.75, 3.05) is 13.1 Å². The van der Waals surface area contributed by atoms with Crippen LogP contribution in [0.2, 0.25) is 0 Å². The van der Waals surface area contributed by atoms with Gasteiger partial charge in [0.2, 0.25) is 15.9 Å². The Morgan fingerprint density at radius 3 is 2.56 bits per heavy atom. The Labute approximate surface area is 161 Å². The summed E-state index contributed by atoms with van der Waals surface area (Å²) < 4.78 is 27.4. The van der Waals surface area contributed by atoms with Crippen molar-refractivity contribution in [1.29, 1.82) is 0 Å². The monoisotopic (exact) mass is 395 g/mol. The average molecular weight is 396 g/mol. The van der Waals surface area contributed by atoms with Crippen LogP contribution in [0, 0.1) is 0 Å². The van der Waals surface area contributed by atoms with Gasteiger partial charge < -0.3 is 10.6 Å². The first-order valence-corrected chi connectivity index (χ1v) is 10.7. The Kier molecular flexibility index (Phi) is 6.64. The van der Waals surface area contributed by atoms with Gasteiger partial charge in [0.15, 0.2) is 0 Å². The summed E-state index contributed by atoms with van der Waals surface area (Å²) in [5.74, 6) is -0.787. The Morgan fingerprint density at radius 2 is 1.93 bits per heavy atom. The Bertz CT molecular complexity index is 799. The molecule has 1 heterocycles. The molecule has 27 heavy (non-hydrogen) atoms. The summed E-state index contributed by atoms with van der Waals surface area (Å²) in [7, 11) is -3.65. The maximum Gasteiger partial charge on any atom is 0.251 e. The van der Waals surface area contributed by atoms with E-state index in [1.807, 2.05) is 27.7 Å². The van der Waals surface area contributed by atoms with Crippen LogP contribution >= 0.6 is 0 Å². The Hall–Kier alpha value is -1.93. The molecule has 1 aromatic rings. The van der Waals surface area contributed by atoms with Gasteiger partial charge in [0, 0.05) is 23.7 Å². The van der Waals surface area contributed by atoms with Crippen LogP contribution in [0.15, 0.2) is 29.2 Å². The summed E-state index contributed by atoms with van der Waals surface area (Å²) in [5.41, 5.74) is -0.176. The predicted octanol–water partition coefficient (Wildman–Crippen LogP) is 1.89. The van der Waals surface area contributed by atoms with Crippen molar-refractivity contribution in [1.82, 2.24) is 14.9 Å². The van der Waals surface area contributed by atoms with E-state index in [0.29, 0.717) is 6.54 Å². The standard InChI is InChI=1S/C19H29N3O4S/c1-14-8-5-6-11-22(14)27(25,26)16-10-7-9-15(12-16)18(24)20-13-17(23)21-19(2,3)4/h7,9-10,12,14H,5-6,8,11,13H2,1-4H3,(H,20,24)(H,21,23)/t14-/m0/s1. The Balaban J connectivity index is 2.10. The molecule has 1 aromatic carbocycles. The third kappa shape index (κ3) is 5.77. The highest BCUT2D eigenvalue weighted by Gasteiger charge is 2.31. The van der Waals surface area contributed by atoms with Crippen molar-refractivity contribution >= 4 is 21.8 Å². The predicted molar refractivity (Wildman–Crippen MR) is 104 cm³/mol. The fourth-order valence-electron chi connectivity index (χ4n) is 3.09. The molecule has 0 spiro atoms. The number of nitrogens with one attached hydrogen (secondary N) is 2. The molecule has 0 aliphatic carbocycles. The molecule has 0 unspecified atom stereocenters. The summed E-state index contributed by atoms with van der Waals surface area (Å²) in [5, 5.41) is 5.28. The van der Waals surface area contributed by atoms with Crippen LogP contribution in [0.1, 0.15) is 57.3 Å². The molecule has 2 amide bonds. The van der Waals surface area contributed by atoms with E-state index in [1.54, 1.807) is 6.07 Å². The number of amides is 2. The van der Waals surface area contributed by atoms with Crippen molar-refractivity contribution < 1.29 is 18.0 Å². The minimum absolute atomic E-state index is 0.0534. The number of sulfonamides is 1. The molecular weight excluding hydrogens is 366 g/mol. The molecule has 1 aliphatic heterocycles. The molecule has 0 radical (unpaired) electrons. The first kappa shape index (κ1) is 21.4. The molecule has 0 bridgehead atoms. The summed E-state index contributed by atoms with van der Waals surface area (Å²) in [4.78, 5) is 24.3. The largest absolute Gasteiger partial charge is 0.350 e. The third-order valence-corrected chi connectivity index (χ3v) is 6.38. The number of carbonyl (C=O) groups excluding carboxylic acids is 2. The van der Waals surface area contributed by atoms with E-state index in [0.717, 1.165) is 19.3 Å². The zero-order chi connectivity index (χ0) is 20.2. The fourth-order valence-corrected chi connectivity index (χ4v) is 4.83. The highest BCUT2D eigenvalue weighted by Crippen LogP contribution is 2.25. The average Bonchev–Trinajstić information content (AvgIpc) is 2.58. The number of rotatable bonds is 5. The number of piperidine rings is 1. The molecule has 2 rings (SSSR count). The van der Waals surface area contributed by atoms with E-state index in [4.69, 9.17) is 0 Å². The SMILES string of the molecule is C[C@H]1CCCCN1S(=O)(=O)c1cccc(C(=O)NCC(=O)NC(C)(C)C)c1. The second-order valence-corrected chi connectivity index (χ2v) is 9.86. The van der Waals surface area contributed by atoms with Crippen molar-refractivity contribution in [3.63, 3.8) is 0 Å². The molecule has 7 nitrogen and oxygen atoms in total. The molecule has 1 atom stereocenters. The smallest absolute Gasteiger partial charge is 0.251 e. The van der Waals surface area contributed by atoms with Crippen molar-refractivity contribution in [2.45, 2.75) is 63.4 Å². The second-order valence-electron chi connectivity index (χ2n) is 7.97. The summed E-state index contributed by atoms with van der Waals surface area (Å²) >= 11 is 0. The van der Waals surface area contributed by atoms with Gasteiger partial charge in [-0.05, 0) is 58.7 Å². The van der Waals surface area contributed by atoms with Gasteiger partial charge in [0.1, 0.15) is 0 Å². The fraction of sp³-hybridized carbons (Fsp3) is 0.579. The topological polar surface area (TPSA) is 95.6 Å². The lowest BCUT2D eigenvalue weighted by molar-refractivity contribution is -0.121. The highest BCUT2D eigenvalue weighted by atomic mass is 32.2. The van der Waals surface area contributed by atoms with Crippen LogP contribution in [-0.2, 0) is 14.8 Å². The zero-order valence-electron chi connectivity index (χ0n) is 16.4. The van der Waals surface area contributed by atoms with Crippen LogP contribution in [0.3, 0.4) is 0 Å². The van der Waals surface area contributed by atoms with E-state index < -0.39 is 15.9 Å². The molecule has 2 N–H and O–H groups in total. The van der Waals surface area contributed by atoms with Crippen LogP contribution in [0.25, 0.3) is 0 Å². The van der Waals surface area contributed by atoms with Crippen LogP contribution in [0.5, 0.6) is 0 Å². The number of benzene rings is 1. The van der Waals surface area contributed by atoms with Crippen LogP contribution in [-0.4, -0.2) is 49.2 Å². The van der Waals surface area contributed by atoms with Crippen LogP contribution in [0.4, 0.5) is 0 Å². The minimum Gasteiger partial charge on any atom is -0.350 e. The van der Waals surface area contributed by atoms with E-state index in [-0.39, 0.29) is 34.5 Å². The highest BCUT2D eigenvalue weighted by molar-refractivity contribution is 7.89. The van der Waals surface area contributed by atoms with Crippen molar-refractivity contribution in [3.05, 3.63) is 29.8 Å². The second kappa shape index (κ2) is 8.39. The molecule has 0 saturated carbocycles. The van der Waals surface area contributed by atoms with Gasteiger partial charge in [-0.15, -0.1) is 0 Å². The lowest BCUT2D eigenvalue weighted by Crippen LogP contribution is -2.45. The van der Waals surface area contributed by atoms with Gasteiger partial charge in [-0.25, -0.2) is 8.42 Å². The quantitative estimate of drug-likeness (QED) is 0.796. The minimum atomic E-state index is -3.65. The first-order chi connectivity index (χ1) is 12.5. The van der Waals surface area contributed by atoms with Gasteiger partial charge in [-0.1, -0.05) is 12.5 Å². The van der Waals surface area contributed by atoms with Crippen molar-refractivity contribution in [2.24, 2.45) is 0 Å². The number of hydrogen-bond donors (Lipinski definition) is 2.